The number of hydrogen-bond acceptors (Lipinski definition) is 2. The predicted molar refractivity (Wildman–Crippen MR) is 78.6 cm³/mol. The molecule has 0 spiro atoms. The van der Waals surface area contributed by atoms with Crippen LogP contribution in [0, 0.1) is 5.41 Å². The maximum absolute atomic E-state index is 12.2. The number of aromatic amines is 1. The maximum Gasteiger partial charge on any atom is 0.267 e. The molecule has 1 aromatic heterocycles. The standard InChI is InChI=1S/C16H20N2O2/c19-11-16(7-3-4-8-16)10-17-15(20)14-9-12-5-1-2-6-13(12)18-14/h1-2,5-6,9,18-19H,3-4,7-8,10-11H2,(H,17,20). The van der Waals surface area contributed by atoms with Crippen LogP contribution < -0.4 is 5.32 Å². The highest BCUT2D eigenvalue weighted by Gasteiger charge is 2.33. The first kappa shape index (κ1) is 13.2. The number of fused-ring (bicyclic) bond motifs is 1. The van der Waals surface area contributed by atoms with Crippen LogP contribution in [0.1, 0.15) is 36.2 Å². The summed E-state index contributed by atoms with van der Waals surface area (Å²) in [5.74, 6) is -0.0964. The molecule has 0 radical (unpaired) electrons. The largest absolute Gasteiger partial charge is 0.396 e. The van der Waals surface area contributed by atoms with E-state index in [1.165, 1.54) is 0 Å². The number of benzene rings is 1. The zero-order valence-corrected chi connectivity index (χ0v) is 11.5. The first-order chi connectivity index (χ1) is 9.72. The summed E-state index contributed by atoms with van der Waals surface area (Å²) in [4.78, 5) is 15.3. The Bertz CT molecular complexity index is 579. The molecule has 1 amide bonds. The van der Waals surface area contributed by atoms with Crippen LogP contribution in [-0.4, -0.2) is 29.1 Å². The Morgan fingerprint density at radius 2 is 2.05 bits per heavy atom. The van der Waals surface area contributed by atoms with E-state index in [-0.39, 0.29) is 17.9 Å². The van der Waals surface area contributed by atoms with E-state index >= 15 is 0 Å². The summed E-state index contributed by atoms with van der Waals surface area (Å²) in [6, 6.07) is 9.70. The number of carbonyl (C=O) groups is 1. The quantitative estimate of drug-likeness (QED) is 0.800. The molecule has 0 atom stereocenters. The second-order valence-electron chi connectivity index (χ2n) is 5.82. The van der Waals surface area contributed by atoms with Crippen molar-refractivity contribution < 1.29 is 9.90 Å². The lowest BCUT2D eigenvalue weighted by Gasteiger charge is -2.26. The first-order valence-electron chi connectivity index (χ1n) is 7.19. The van der Waals surface area contributed by atoms with Gasteiger partial charge in [0.25, 0.3) is 5.91 Å². The third-order valence-electron chi connectivity index (χ3n) is 4.40. The molecule has 1 aliphatic carbocycles. The molecule has 106 valence electrons. The highest BCUT2D eigenvalue weighted by atomic mass is 16.3. The van der Waals surface area contributed by atoms with Gasteiger partial charge in [-0.25, -0.2) is 0 Å². The van der Waals surface area contributed by atoms with Crippen LogP contribution in [0.5, 0.6) is 0 Å². The molecule has 1 saturated carbocycles. The number of aromatic nitrogens is 1. The summed E-state index contributed by atoms with van der Waals surface area (Å²) in [6.07, 6.45) is 4.28. The Kier molecular flexibility index (Phi) is 3.49. The van der Waals surface area contributed by atoms with Gasteiger partial charge in [-0.05, 0) is 25.0 Å². The van der Waals surface area contributed by atoms with E-state index in [9.17, 15) is 9.90 Å². The lowest BCUT2D eigenvalue weighted by atomic mass is 9.87. The molecule has 4 heteroatoms. The number of hydrogen-bond donors (Lipinski definition) is 3. The zero-order valence-electron chi connectivity index (χ0n) is 11.5. The monoisotopic (exact) mass is 272 g/mol. The lowest BCUT2D eigenvalue weighted by Crippen LogP contribution is -2.38. The van der Waals surface area contributed by atoms with Gasteiger partial charge in [-0.3, -0.25) is 4.79 Å². The van der Waals surface area contributed by atoms with Gasteiger partial charge in [0.15, 0.2) is 0 Å². The minimum Gasteiger partial charge on any atom is -0.396 e. The van der Waals surface area contributed by atoms with Gasteiger partial charge >= 0.3 is 0 Å². The molecular formula is C16H20N2O2. The molecule has 0 bridgehead atoms. The van der Waals surface area contributed by atoms with Gasteiger partial charge in [-0.2, -0.15) is 0 Å². The van der Waals surface area contributed by atoms with Crippen LogP contribution >= 0.6 is 0 Å². The molecule has 3 N–H and O–H groups in total. The molecule has 0 unspecified atom stereocenters. The Morgan fingerprint density at radius 1 is 1.30 bits per heavy atom. The summed E-state index contributed by atoms with van der Waals surface area (Å²) >= 11 is 0. The Hall–Kier alpha value is -1.81. The van der Waals surface area contributed by atoms with E-state index in [0.717, 1.165) is 36.6 Å². The lowest BCUT2D eigenvalue weighted by molar-refractivity contribution is 0.0877. The number of H-pyrrole nitrogens is 1. The van der Waals surface area contributed by atoms with Gasteiger partial charge in [-0.15, -0.1) is 0 Å². The van der Waals surface area contributed by atoms with Crippen molar-refractivity contribution in [1.29, 1.82) is 0 Å². The predicted octanol–water partition coefficient (Wildman–Crippen LogP) is 2.45. The van der Waals surface area contributed by atoms with Crippen molar-refractivity contribution in [3.63, 3.8) is 0 Å². The number of carbonyl (C=O) groups excluding carboxylic acids is 1. The highest BCUT2D eigenvalue weighted by molar-refractivity contribution is 5.97. The number of rotatable bonds is 4. The zero-order chi connectivity index (χ0) is 14.0. The van der Waals surface area contributed by atoms with E-state index in [4.69, 9.17) is 0 Å². The van der Waals surface area contributed by atoms with E-state index in [1.54, 1.807) is 0 Å². The number of amides is 1. The van der Waals surface area contributed by atoms with Gasteiger partial charge < -0.3 is 15.4 Å². The number of aliphatic hydroxyl groups is 1. The van der Waals surface area contributed by atoms with Gasteiger partial charge in [-0.1, -0.05) is 31.0 Å². The Labute approximate surface area is 118 Å². The Morgan fingerprint density at radius 3 is 2.75 bits per heavy atom. The van der Waals surface area contributed by atoms with E-state index in [1.807, 2.05) is 30.3 Å². The van der Waals surface area contributed by atoms with Gasteiger partial charge in [0.05, 0.1) is 6.61 Å². The fourth-order valence-electron chi connectivity index (χ4n) is 3.07. The average molecular weight is 272 g/mol. The summed E-state index contributed by atoms with van der Waals surface area (Å²) in [5, 5.41) is 13.6. The minimum atomic E-state index is -0.109. The molecule has 1 fully saturated rings. The minimum absolute atomic E-state index is 0.0964. The molecule has 20 heavy (non-hydrogen) atoms. The summed E-state index contributed by atoms with van der Waals surface area (Å²) in [6.45, 7) is 0.706. The van der Waals surface area contributed by atoms with Gasteiger partial charge in [0.1, 0.15) is 5.69 Å². The normalized spacial score (nSPS) is 17.4. The fraction of sp³-hybridized carbons (Fsp3) is 0.438. The van der Waals surface area contributed by atoms with Gasteiger partial charge in [0, 0.05) is 22.9 Å². The SMILES string of the molecule is O=C(NCC1(CO)CCCC1)c1cc2ccccc2[nH]1. The van der Waals surface area contributed by atoms with Crippen molar-refractivity contribution in [2.75, 3.05) is 13.2 Å². The number of aliphatic hydroxyl groups excluding tert-OH is 1. The van der Waals surface area contributed by atoms with Gasteiger partial charge in [0.2, 0.25) is 0 Å². The van der Waals surface area contributed by atoms with Crippen LogP contribution in [0.25, 0.3) is 10.9 Å². The van der Waals surface area contributed by atoms with Crippen molar-refractivity contribution in [2.45, 2.75) is 25.7 Å². The van der Waals surface area contributed by atoms with Crippen molar-refractivity contribution >= 4 is 16.8 Å². The number of nitrogens with one attached hydrogen (secondary N) is 2. The molecule has 0 saturated heterocycles. The van der Waals surface area contributed by atoms with Crippen molar-refractivity contribution in [2.24, 2.45) is 5.41 Å². The van der Waals surface area contributed by atoms with Crippen LogP contribution in [-0.2, 0) is 0 Å². The summed E-state index contributed by atoms with van der Waals surface area (Å²) < 4.78 is 0. The van der Waals surface area contributed by atoms with Crippen LogP contribution in [0.2, 0.25) is 0 Å². The molecule has 1 heterocycles. The van der Waals surface area contributed by atoms with Crippen LogP contribution in [0.4, 0.5) is 0 Å². The Balaban J connectivity index is 1.69. The van der Waals surface area contributed by atoms with Crippen LogP contribution in [0.15, 0.2) is 30.3 Å². The smallest absolute Gasteiger partial charge is 0.267 e. The third kappa shape index (κ3) is 2.43. The summed E-state index contributed by atoms with van der Waals surface area (Å²) in [7, 11) is 0. The molecule has 1 aromatic carbocycles. The fourth-order valence-corrected chi connectivity index (χ4v) is 3.07. The molecule has 1 aliphatic rings. The van der Waals surface area contributed by atoms with E-state index in [0.29, 0.717) is 12.2 Å². The molecule has 4 nitrogen and oxygen atoms in total. The highest BCUT2D eigenvalue weighted by Crippen LogP contribution is 2.36. The van der Waals surface area contributed by atoms with Crippen molar-refractivity contribution in [1.82, 2.24) is 10.3 Å². The molecule has 0 aliphatic heterocycles. The molecular weight excluding hydrogens is 252 g/mol. The van der Waals surface area contributed by atoms with E-state index < -0.39 is 0 Å². The van der Waals surface area contributed by atoms with Crippen LogP contribution in [0.3, 0.4) is 0 Å². The second-order valence-corrected chi connectivity index (χ2v) is 5.82. The second kappa shape index (κ2) is 5.29. The number of para-hydroxylation sites is 1. The summed E-state index contributed by atoms with van der Waals surface area (Å²) in [5.41, 5.74) is 1.44. The molecule has 3 rings (SSSR count). The maximum atomic E-state index is 12.2. The molecule has 2 aromatic rings. The van der Waals surface area contributed by atoms with E-state index in [2.05, 4.69) is 10.3 Å². The van der Waals surface area contributed by atoms with Crippen molar-refractivity contribution in [3.8, 4) is 0 Å². The van der Waals surface area contributed by atoms with Crippen molar-refractivity contribution in [3.05, 3.63) is 36.0 Å². The average Bonchev–Trinajstić information content (AvgIpc) is 3.12. The third-order valence-corrected chi connectivity index (χ3v) is 4.40. The first-order valence-corrected chi connectivity index (χ1v) is 7.19. The topological polar surface area (TPSA) is 65.1 Å².